The molecule has 0 spiro atoms. The fourth-order valence-electron chi connectivity index (χ4n) is 4.51. The van der Waals surface area contributed by atoms with Crippen LogP contribution in [0, 0.1) is 0 Å². The fraction of sp³-hybridized carbons (Fsp3) is 0.577. The fourth-order valence-corrected chi connectivity index (χ4v) is 4.51. The number of nitrogen functional groups attached to an aromatic ring is 1. The second-order valence-electron chi connectivity index (χ2n) is 9.74. The minimum atomic E-state index is -0.946. The molecule has 13 heteroatoms. The predicted octanol–water partition coefficient (Wildman–Crippen LogP) is -1.17. The van der Waals surface area contributed by atoms with E-state index in [0.717, 1.165) is 5.56 Å². The van der Waals surface area contributed by atoms with Crippen LogP contribution in [0.1, 0.15) is 56.9 Å². The van der Waals surface area contributed by atoms with Gasteiger partial charge in [-0.2, -0.15) is 0 Å². The molecule has 1 aliphatic heterocycles. The van der Waals surface area contributed by atoms with Crippen LogP contribution in [0.4, 0.5) is 5.69 Å². The van der Waals surface area contributed by atoms with E-state index in [4.69, 9.17) is 28.7 Å². The van der Waals surface area contributed by atoms with Crippen molar-refractivity contribution in [2.75, 3.05) is 25.4 Å². The van der Waals surface area contributed by atoms with E-state index in [9.17, 15) is 19.2 Å². The summed E-state index contributed by atoms with van der Waals surface area (Å²) in [4.78, 5) is 56.7. The normalized spacial score (nSPS) is 16.2. The SMILES string of the molecule is NCCCC[C@H](NC(=O)[C@@H]1CCCN1C(=O)CCc1ccc(N)cc1)C(=O)N[C@@H](CCCN=C(N)N)C(N)=O. The molecule has 39 heavy (non-hydrogen) atoms. The molecular weight excluding hydrogens is 502 g/mol. The topological polar surface area (TPSA) is 238 Å². The third-order valence-electron chi connectivity index (χ3n) is 6.67. The second-order valence-corrected chi connectivity index (χ2v) is 9.74. The maximum Gasteiger partial charge on any atom is 0.243 e. The molecule has 0 aliphatic carbocycles. The Morgan fingerprint density at radius 1 is 0.974 bits per heavy atom. The lowest BCUT2D eigenvalue weighted by molar-refractivity contribution is -0.139. The number of nitrogens with two attached hydrogens (primary N) is 5. The Kier molecular flexibility index (Phi) is 13.0. The number of aliphatic imine (C=N–C) groups is 1. The van der Waals surface area contributed by atoms with Crippen molar-refractivity contribution in [1.29, 1.82) is 0 Å². The molecule has 216 valence electrons. The van der Waals surface area contributed by atoms with Gasteiger partial charge in [0, 0.05) is 25.2 Å². The van der Waals surface area contributed by atoms with Gasteiger partial charge >= 0.3 is 0 Å². The molecular formula is C26H43N9O4. The average Bonchev–Trinajstić information content (AvgIpc) is 3.39. The summed E-state index contributed by atoms with van der Waals surface area (Å²) < 4.78 is 0. The number of carbonyl (C=O) groups excluding carboxylic acids is 4. The van der Waals surface area contributed by atoms with Crippen molar-refractivity contribution in [2.24, 2.45) is 27.9 Å². The second kappa shape index (κ2) is 16.2. The standard InChI is InChI=1S/C26H43N9O4/c27-14-2-1-5-20(24(38)33-19(23(29)37)6-3-15-32-26(30)31)34-25(39)21-7-4-16-35(21)22(36)13-10-17-8-11-18(28)12-9-17/h8-9,11-12,19-21H,1-7,10,13-16,27-28H2,(H2,29,37)(H,33,38)(H,34,39)(H4,30,31,32)/t19-,20-,21-/m0/s1. The van der Waals surface area contributed by atoms with E-state index < -0.39 is 35.8 Å². The number of nitrogens with one attached hydrogen (secondary N) is 2. The van der Waals surface area contributed by atoms with Crippen LogP contribution in [-0.4, -0.2) is 72.2 Å². The number of carbonyl (C=O) groups is 4. The number of benzene rings is 1. The van der Waals surface area contributed by atoms with Gasteiger partial charge in [0.15, 0.2) is 5.96 Å². The van der Waals surface area contributed by atoms with E-state index in [2.05, 4.69) is 15.6 Å². The number of guanidine groups is 1. The van der Waals surface area contributed by atoms with Gasteiger partial charge in [0.05, 0.1) is 0 Å². The number of aryl methyl sites for hydroxylation is 1. The molecule has 0 bridgehead atoms. The summed E-state index contributed by atoms with van der Waals surface area (Å²) >= 11 is 0. The number of hydrogen-bond donors (Lipinski definition) is 7. The zero-order valence-corrected chi connectivity index (χ0v) is 22.4. The molecule has 0 aromatic heterocycles. The van der Waals surface area contributed by atoms with Gasteiger partial charge in [-0.15, -0.1) is 0 Å². The molecule has 1 saturated heterocycles. The lowest BCUT2D eigenvalue weighted by atomic mass is 10.1. The zero-order valence-electron chi connectivity index (χ0n) is 22.4. The summed E-state index contributed by atoms with van der Waals surface area (Å²) in [5.41, 5.74) is 29.1. The Labute approximate surface area is 229 Å². The van der Waals surface area contributed by atoms with E-state index in [1.54, 1.807) is 17.0 Å². The highest BCUT2D eigenvalue weighted by atomic mass is 16.2. The lowest BCUT2D eigenvalue weighted by Crippen LogP contribution is -2.56. The average molecular weight is 546 g/mol. The lowest BCUT2D eigenvalue weighted by Gasteiger charge is -2.27. The van der Waals surface area contributed by atoms with E-state index >= 15 is 0 Å². The number of amides is 4. The van der Waals surface area contributed by atoms with E-state index in [-0.39, 0.29) is 31.3 Å². The minimum absolute atomic E-state index is 0.0676. The van der Waals surface area contributed by atoms with Crippen LogP contribution >= 0.6 is 0 Å². The van der Waals surface area contributed by atoms with E-state index in [1.807, 2.05) is 12.1 Å². The Bertz CT molecular complexity index is 996. The summed E-state index contributed by atoms with van der Waals surface area (Å²) in [7, 11) is 0. The number of anilines is 1. The summed E-state index contributed by atoms with van der Waals surface area (Å²) in [6.45, 7) is 1.20. The van der Waals surface area contributed by atoms with Crippen molar-refractivity contribution >= 4 is 35.3 Å². The van der Waals surface area contributed by atoms with Crippen LogP contribution in [0.2, 0.25) is 0 Å². The van der Waals surface area contributed by atoms with Crippen molar-refractivity contribution in [3.63, 3.8) is 0 Å². The van der Waals surface area contributed by atoms with E-state index in [0.29, 0.717) is 63.7 Å². The summed E-state index contributed by atoms with van der Waals surface area (Å²) in [6.07, 6.45) is 4.23. The first-order valence-corrected chi connectivity index (χ1v) is 13.4. The molecule has 4 amide bonds. The van der Waals surface area contributed by atoms with Gasteiger partial charge in [0.2, 0.25) is 23.6 Å². The Balaban J connectivity index is 2.01. The van der Waals surface area contributed by atoms with Crippen LogP contribution in [0.25, 0.3) is 0 Å². The summed E-state index contributed by atoms with van der Waals surface area (Å²) in [5, 5.41) is 5.45. The number of rotatable bonds is 16. The first-order chi connectivity index (χ1) is 18.6. The quantitative estimate of drug-likeness (QED) is 0.0576. The molecule has 0 radical (unpaired) electrons. The van der Waals surface area contributed by atoms with Crippen LogP contribution < -0.4 is 39.3 Å². The molecule has 2 rings (SSSR count). The van der Waals surface area contributed by atoms with Crippen molar-refractivity contribution < 1.29 is 19.2 Å². The van der Waals surface area contributed by atoms with Gasteiger partial charge < -0.3 is 44.2 Å². The highest BCUT2D eigenvalue weighted by molar-refractivity contribution is 5.94. The largest absolute Gasteiger partial charge is 0.399 e. The molecule has 1 aromatic rings. The number of primary amides is 1. The Hall–Kier alpha value is -3.87. The van der Waals surface area contributed by atoms with Crippen LogP contribution in [-0.2, 0) is 25.6 Å². The Morgan fingerprint density at radius 2 is 1.67 bits per heavy atom. The van der Waals surface area contributed by atoms with E-state index in [1.165, 1.54) is 0 Å². The molecule has 1 aliphatic rings. The minimum Gasteiger partial charge on any atom is -0.399 e. The maximum atomic E-state index is 13.3. The highest BCUT2D eigenvalue weighted by Crippen LogP contribution is 2.20. The molecule has 1 aromatic carbocycles. The molecule has 3 atom stereocenters. The van der Waals surface area contributed by atoms with Crippen molar-refractivity contribution in [2.45, 2.75) is 75.9 Å². The maximum absolute atomic E-state index is 13.3. The van der Waals surface area contributed by atoms with Crippen LogP contribution in [0.3, 0.4) is 0 Å². The molecule has 0 unspecified atom stereocenters. The highest BCUT2D eigenvalue weighted by Gasteiger charge is 2.36. The smallest absolute Gasteiger partial charge is 0.243 e. The molecule has 1 heterocycles. The number of nitrogens with zero attached hydrogens (tertiary/aromatic N) is 2. The predicted molar refractivity (Wildman–Crippen MR) is 150 cm³/mol. The molecule has 12 N–H and O–H groups in total. The van der Waals surface area contributed by atoms with Gasteiger partial charge in [-0.3, -0.25) is 24.2 Å². The van der Waals surface area contributed by atoms with Gasteiger partial charge in [-0.05, 0) is 75.6 Å². The van der Waals surface area contributed by atoms with Crippen LogP contribution in [0.15, 0.2) is 29.3 Å². The van der Waals surface area contributed by atoms with Gasteiger partial charge in [0.25, 0.3) is 0 Å². The number of unbranched alkanes of at least 4 members (excludes halogenated alkanes) is 1. The third kappa shape index (κ3) is 10.8. The number of hydrogen-bond acceptors (Lipinski definition) is 7. The first-order valence-electron chi connectivity index (χ1n) is 13.4. The van der Waals surface area contributed by atoms with Crippen molar-refractivity contribution in [3.8, 4) is 0 Å². The van der Waals surface area contributed by atoms with Crippen molar-refractivity contribution in [1.82, 2.24) is 15.5 Å². The monoisotopic (exact) mass is 545 g/mol. The summed E-state index contributed by atoms with van der Waals surface area (Å²) in [6, 6.07) is 4.81. The van der Waals surface area contributed by atoms with Crippen molar-refractivity contribution in [3.05, 3.63) is 29.8 Å². The third-order valence-corrected chi connectivity index (χ3v) is 6.67. The van der Waals surface area contributed by atoms with Gasteiger partial charge in [0.1, 0.15) is 18.1 Å². The Morgan fingerprint density at radius 3 is 2.31 bits per heavy atom. The molecule has 1 fully saturated rings. The van der Waals surface area contributed by atoms with Gasteiger partial charge in [-0.25, -0.2) is 0 Å². The molecule has 0 saturated carbocycles. The number of likely N-dealkylation sites (tertiary alicyclic amines) is 1. The summed E-state index contributed by atoms with van der Waals surface area (Å²) in [5.74, 6) is -1.81. The first kappa shape index (κ1) is 31.3. The zero-order chi connectivity index (χ0) is 28.8. The van der Waals surface area contributed by atoms with Gasteiger partial charge in [-0.1, -0.05) is 12.1 Å². The van der Waals surface area contributed by atoms with Crippen LogP contribution in [0.5, 0.6) is 0 Å². The molecule has 13 nitrogen and oxygen atoms in total.